The monoisotopic (exact) mass is 215 g/mol. The molecule has 0 N–H and O–H groups in total. The van der Waals surface area contributed by atoms with Gasteiger partial charge < -0.3 is 0 Å². The van der Waals surface area contributed by atoms with E-state index in [9.17, 15) is 4.79 Å². The minimum atomic E-state index is -0.405. The number of carbonyl (C=O) groups excluding carboxylic acids is 1. The molecule has 0 aliphatic rings. The van der Waals surface area contributed by atoms with Crippen LogP contribution in [0.5, 0.6) is 0 Å². The van der Waals surface area contributed by atoms with Crippen LogP contribution in [-0.2, 0) is 6.42 Å². The molecular weight excluding hydrogens is 198 g/mol. The van der Waals surface area contributed by atoms with Crippen LogP contribution in [0.4, 0.5) is 0 Å². The summed E-state index contributed by atoms with van der Waals surface area (Å²) >= 11 is 0. The van der Waals surface area contributed by atoms with E-state index in [0.717, 1.165) is 11.1 Å². The number of rotatable bonds is 2. The Labute approximate surface area is 96.9 Å². The number of aryl methyl sites for hydroxylation is 1. The van der Waals surface area contributed by atoms with Gasteiger partial charge in [0.05, 0.1) is 12.5 Å². The van der Waals surface area contributed by atoms with Gasteiger partial charge in [-0.1, -0.05) is 38.5 Å². The maximum Gasteiger partial charge on any atom is 0.168 e. The minimum absolute atomic E-state index is 0.0986. The van der Waals surface area contributed by atoms with Crippen molar-refractivity contribution < 1.29 is 4.79 Å². The molecule has 0 bridgehead atoms. The quantitative estimate of drug-likeness (QED) is 0.710. The lowest BCUT2D eigenvalue weighted by atomic mass is 9.83. The Morgan fingerprint density at radius 3 is 2.50 bits per heavy atom. The average Bonchev–Trinajstić information content (AvgIpc) is 2.18. The zero-order valence-electron chi connectivity index (χ0n) is 10.3. The fourth-order valence-corrected chi connectivity index (χ4v) is 1.55. The van der Waals surface area contributed by atoms with Crippen LogP contribution >= 0.6 is 0 Å². The van der Waals surface area contributed by atoms with Crippen molar-refractivity contribution in [3.63, 3.8) is 0 Å². The summed E-state index contributed by atoms with van der Waals surface area (Å²) in [5.41, 5.74) is 2.16. The average molecular weight is 215 g/mol. The Morgan fingerprint density at radius 1 is 1.38 bits per heavy atom. The normalized spacial score (nSPS) is 10.9. The van der Waals surface area contributed by atoms with E-state index in [0.29, 0.717) is 5.56 Å². The van der Waals surface area contributed by atoms with Gasteiger partial charge in [0, 0.05) is 11.0 Å². The number of Topliss-reactive ketones (excluding diaryl/α,β-unsaturated/α-hetero) is 1. The maximum absolute atomic E-state index is 12.2. The number of benzene rings is 1. The van der Waals surface area contributed by atoms with Crippen LogP contribution in [0.15, 0.2) is 18.2 Å². The molecule has 2 nitrogen and oxygen atoms in total. The summed E-state index contributed by atoms with van der Waals surface area (Å²) in [6.07, 6.45) is 0.289. The van der Waals surface area contributed by atoms with Crippen molar-refractivity contribution in [3.05, 3.63) is 34.9 Å². The molecule has 1 rings (SSSR count). The molecule has 0 atom stereocenters. The molecular formula is C14H17NO. The van der Waals surface area contributed by atoms with E-state index in [-0.39, 0.29) is 12.2 Å². The van der Waals surface area contributed by atoms with Gasteiger partial charge >= 0.3 is 0 Å². The van der Waals surface area contributed by atoms with Gasteiger partial charge in [-0.2, -0.15) is 5.26 Å². The molecule has 16 heavy (non-hydrogen) atoms. The Hall–Kier alpha value is -1.62. The molecule has 1 aromatic carbocycles. The first kappa shape index (κ1) is 12.4. The highest BCUT2D eigenvalue weighted by molar-refractivity contribution is 6.01. The molecule has 0 unspecified atom stereocenters. The number of nitrogens with zero attached hydrogens (tertiary/aromatic N) is 1. The van der Waals surface area contributed by atoms with Gasteiger partial charge in [-0.25, -0.2) is 0 Å². The van der Waals surface area contributed by atoms with Crippen molar-refractivity contribution >= 4 is 5.78 Å². The van der Waals surface area contributed by atoms with Crippen molar-refractivity contribution in [2.45, 2.75) is 34.1 Å². The lowest BCUT2D eigenvalue weighted by Gasteiger charge is -2.18. The molecule has 0 amide bonds. The van der Waals surface area contributed by atoms with Gasteiger partial charge in [-0.05, 0) is 18.6 Å². The maximum atomic E-state index is 12.2. The molecule has 0 spiro atoms. The van der Waals surface area contributed by atoms with Crippen LogP contribution < -0.4 is 0 Å². The topological polar surface area (TPSA) is 40.9 Å². The van der Waals surface area contributed by atoms with Gasteiger partial charge in [0.1, 0.15) is 0 Å². The molecule has 0 saturated heterocycles. The lowest BCUT2D eigenvalue weighted by molar-refractivity contribution is 0.0857. The molecule has 0 saturated carbocycles. The fraction of sp³-hybridized carbons (Fsp3) is 0.429. The summed E-state index contributed by atoms with van der Waals surface area (Å²) in [6.45, 7) is 7.64. The van der Waals surface area contributed by atoms with Crippen LogP contribution in [0, 0.1) is 23.7 Å². The predicted molar refractivity (Wildman–Crippen MR) is 64.3 cm³/mol. The Bertz CT molecular complexity index is 447. The van der Waals surface area contributed by atoms with Crippen molar-refractivity contribution in [1.29, 1.82) is 5.26 Å². The third kappa shape index (κ3) is 2.70. The van der Waals surface area contributed by atoms with Crippen LogP contribution in [0.1, 0.15) is 42.3 Å². The summed E-state index contributed by atoms with van der Waals surface area (Å²) in [5.74, 6) is 0.0986. The van der Waals surface area contributed by atoms with Crippen LogP contribution in [0.25, 0.3) is 0 Å². The van der Waals surface area contributed by atoms with E-state index in [1.54, 1.807) is 0 Å². The van der Waals surface area contributed by atoms with Gasteiger partial charge in [0.25, 0.3) is 0 Å². The summed E-state index contributed by atoms with van der Waals surface area (Å²) in [5, 5.41) is 8.74. The second-order valence-electron chi connectivity index (χ2n) is 5.07. The summed E-state index contributed by atoms with van der Waals surface area (Å²) in [7, 11) is 0. The molecule has 0 aliphatic heterocycles. The van der Waals surface area contributed by atoms with Crippen molar-refractivity contribution in [2.24, 2.45) is 5.41 Å². The predicted octanol–water partition coefficient (Wildman–Crippen LogP) is 3.29. The SMILES string of the molecule is Cc1ccc(CC#N)c(C(=O)C(C)(C)C)c1. The molecule has 0 radical (unpaired) electrons. The molecule has 2 heteroatoms. The van der Waals surface area contributed by atoms with E-state index in [1.807, 2.05) is 45.9 Å². The Balaban J connectivity index is 3.26. The number of carbonyl (C=O) groups is 1. The van der Waals surface area contributed by atoms with Crippen LogP contribution in [0.3, 0.4) is 0 Å². The highest BCUT2D eigenvalue weighted by Crippen LogP contribution is 2.24. The fourth-order valence-electron chi connectivity index (χ4n) is 1.55. The van der Waals surface area contributed by atoms with E-state index < -0.39 is 5.41 Å². The highest BCUT2D eigenvalue weighted by Gasteiger charge is 2.24. The number of nitriles is 1. The number of hydrogen-bond donors (Lipinski definition) is 0. The second kappa shape index (κ2) is 4.49. The Kier molecular flexibility index (Phi) is 3.49. The first-order valence-corrected chi connectivity index (χ1v) is 5.37. The van der Waals surface area contributed by atoms with Gasteiger partial charge in [0.15, 0.2) is 5.78 Å². The number of ketones is 1. The van der Waals surface area contributed by atoms with E-state index in [4.69, 9.17) is 5.26 Å². The first-order chi connectivity index (χ1) is 7.36. The molecule has 0 fully saturated rings. The minimum Gasteiger partial charge on any atom is -0.294 e. The van der Waals surface area contributed by atoms with Crippen LogP contribution in [-0.4, -0.2) is 5.78 Å². The lowest BCUT2D eigenvalue weighted by Crippen LogP contribution is -2.21. The van der Waals surface area contributed by atoms with Crippen molar-refractivity contribution in [3.8, 4) is 6.07 Å². The summed E-state index contributed by atoms with van der Waals surface area (Å²) in [4.78, 5) is 12.2. The highest BCUT2D eigenvalue weighted by atomic mass is 16.1. The third-order valence-electron chi connectivity index (χ3n) is 2.46. The standard InChI is InChI=1S/C14H17NO/c1-10-5-6-11(7-8-15)12(9-10)13(16)14(2,3)4/h5-6,9H,7H2,1-4H3. The summed E-state index contributed by atoms with van der Waals surface area (Å²) in [6, 6.07) is 7.78. The van der Waals surface area contributed by atoms with Gasteiger partial charge in [0.2, 0.25) is 0 Å². The van der Waals surface area contributed by atoms with Gasteiger partial charge in [-0.15, -0.1) is 0 Å². The summed E-state index contributed by atoms with van der Waals surface area (Å²) < 4.78 is 0. The molecule has 84 valence electrons. The third-order valence-corrected chi connectivity index (χ3v) is 2.46. The van der Waals surface area contributed by atoms with E-state index in [1.165, 1.54) is 0 Å². The van der Waals surface area contributed by atoms with Crippen molar-refractivity contribution in [2.75, 3.05) is 0 Å². The zero-order chi connectivity index (χ0) is 12.3. The second-order valence-corrected chi connectivity index (χ2v) is 5.07. The molecule has 1 aromatic rings. The molecule has 0 aromatic heterocycles. The Morgan fingerprint density at radius 2 is 2.00 bits per heavy atom. The van der Waals surface area contributed by atoms with Crippen LogP contribution in [0.2, 0.25) is 0 Å². The molecule has 0 aliphatic carbocycles. The van der Waals surface area contributed by atoms with E-state index >= 15 is 0 Å². The smallest absolute Gasteiger partial charge is 0.168 e. The van der Waals surface area contributed by atoms with Crippen molar-refractivity contribution in [1.82, 2.24) is 0 Å². The largest absolute Gasteiger partial charge is 0.294 e. The van der Waals surface area contributed by atoms with Gasteiger partial charge in [-0.3, -0.25) is 4.79 Å². The zero-order valence-corrected chi connectivity index (χ0v) is 10.3. The first-order valence-electron chi connectivity index (χ1n) is 5.37. The molecule has 0 heterocycles. The number of hydrogen-bond acceptors (Lipinski definition) is 2. The van der Waals surface area contributed by atoms with E-state index in [2.05, 4.69) is 6.07 Å².